The van der Waals surface area contributed by atoms with E-state index in [1.54, 1.807) is 12.1 Å². The van der Waals surface area contributed by atoms with Gasteiger partial charge in [0.2, 0.25) is 0 Å². The Morgan fingerprint density at radius 3 is 2.72 bits per heavy atom. The molecule has 36 heavy (non-hydrogen) atoms. The lowest BCUT2D eigenvalue weighted by Gasteiger charge is -2.33. The van der Waals surface area contributed by atoms with E-state index in [2.05, 4.69) is 47.8 Å². The zero-order valence-corrected chi connectivity index (χ0v) is 19.8. The number of benzene rings is 4. The molecule has 4 aromatic rings. The number of nitrogens with one attached hydrogen (secondary N) is 1. The lowest BCUT2D eigenvalue weighted by Crippen LogP contribution is -2.36. The molecule has 1 aliphatic rings. The first kappa shape index (κ1) is 23.8. The third-order valence-corrected chi connectivity index (χ3v) is 6.62. The van der Waals surface area contributed by atoms with Crippen molar-refractivity contribution in [2.24, 2.45) is 0 Å². The van der Waals surface area contributed by atoms with Crippen molar-refractivity contribution in [2.45, 2.75) is 24.9 Å². The number of carbonyl (C=O) groups is 1. The van der Waals surface area contributed by atoms with Gasteiger partial charge in [-0.15, -0.1) is 0 Å². The van der Waals surface area contributed by atoms with Crippen molar-refractivity contribution in [3.63, 3.8) is 0 Å². The van der Waals surface area contributed by atoms with Crippen LogP contribution in [0.2, 0.25) is 0 Å². The number of rotatable bonds is 9. The Bertz CT molecular complexity index is 1370. The molecule has 0 aliphatic carbocycles. The van der Waals surface area contributed by atoms with Gasteiger partial charge < -0.3 is 19.9 Å². The van der Waals surface area contributed by atoms with Crippen LogP contribution in [0.25, 0.3) is 10.8 Å². The molecule has 4 aromatic carbocycles. The summed E-state index contributed by atoms with van der Waals surface area (Å²) in [7, 11) is 0. The molecule has 1 heterocycles. The molecule has 0 bridgehead atoms. The molecule has 0 unspecified atom stereocenters. The van der Waals surface area contributed by atoms with Crippen LogP contribution in [0.3, 0.4) is 0 Å². The minimum Gasteiger partial charge on any atom is -0.489 e. The largest absolute Gasteiger partial charge is 0.489 e. The van der Waals surface area contributed by atoms with Crippen molar-refractivity contribution in [1.29, 1.82) is 0 Å². The molecule has 6 heteroatoms. The van der Waals surface area contributed by atoms with Crippen LogP contribution >= 0.6 is 0 Å². The average Bonchev–Trinajstić information content (AvgIpc) is 2.90. The number of hydrogen-bond acceptors (Lipinski definition) is 4. The number of carboxylic acid groups (broad SMARTS) is 1. The lowest BCUT2D eigenvalue weighted by atomic mass is 9.84. The first-order chi connectivity index (χ1) is 17.6. The summed E-state index contributed by atoms with van der Waals surface area (Å²) in [5, 5.41) is 15.0. The fourth-order valence-corrected chi connectivity index (χ4v) is 4.92. The third-order valence-electron chi connectivity index (χ3n) is 6.62. The second-order valence-electron chi connectivity index (χ2n) is 9.03. The zero-order chi connectivity index (χ0) is 24.9. The molecule has 0 spiro atoms. The number of hydrogen-bond donors (Lipinski definition) is 2. The molecule has 0 radical (unpaired) electrons. The summed E-state index contributed by atoms with van der Waals surface area (Å²) < 4.78 is 25.7. The quantitative estimate of drug-likeness (QED) is 0.304. The van der Waals surface area contributed by atoms with Gasteiger partial charge >= 0.3 is 5.97 Å². The van der Waals surface area contributed by atoms with Gasteiger partial charge in [0, 0.05) is 18.0 Å². The molecule has 2 N–H and O–H groups in total. The van der Waals surface area contributed by atoms with Crippen LogP contribution < -0.4 is 14.8 Å². The van der Waals surface area contributed by atoms with Crippen molar-refractivity contribution < 1.29 is 23.8 Å². The van der Waals surface area contributed by atoms with E-state index in [0.717, 1.165) is 29.8 Å². The maximum atomic E-state index is 14.3. The molecular formula is C30H28FNO4. The van der Waals surface area contributed by atoms with Gasteiger partial charge in [-0.05, 0) is 59.5 Å². The molecule has 0 amide bonds. The number of carboxylic acids is 1. The first-order valence-corrected chi connectivity index (χ1v) is 12.2. The minimum atomic E-state index is -1.15. The van der Waals surface area contributed by atoms with Gasteiger partial charge in [0.25, 0.3) is 0 Å². The normalized spacial score (nSPS) is 16.8. The molecule has 184 valence electrons. The predicted molar refractivity (Wildman–Crippen MR) is 137 cm³/mol. The Morgan fingerprint density at radius 2 is 1.83 bits per heavy atom. The molecule has 5 nitrogen and oxygen atoms in total. The highest BCUT2D eigenvalue weighted by Crippen LogP contribution is 2.41. The van der Waals surface area contributed by atoms with E-state index >= 15 is 0 Å². The summed E-state index contributed by atoms with van der Waals surface area (Å²) >= 11 is 0. The fourth-order valence-electron chi connectivity index (χ4n) is 4.92. The maximum Gasteiger partial charge on any atom is 0.341 e. The molecule has 0 saturated carbocycles. The van der Waals surface area contributed by atoms with Crippen LogP contribution in [0, 0.1) is 5.82 Å². The summed E-state index contributed by atoms with van der Waals surface area (Å²) in [6.07, 6.45) is 1.56. The second-order valence-corrected chi connectivity index (χ2v) is 9.03. The van der Waals surface area contributed by atoms with Gasteiger partial charge in [0.1, 0.15) is 11.9 Å². The number of aliphatic carboxylic acids is 1. The topological polar surface area (TPSA) is 67.8 Å². The summed E-state index contributed by atoms with van der Waals surface area (Å²) in [4.78, 5) is 10.9. The minimum absolute atomic E-state index is 0.0207. The van der Waals surface area contributed by atoms with Crippen LogP contribution in [-0.2, 0) is 11.2 Å². The van der Waals surface area contributed by atoms with E-state index in [1.165, 1.54) is 22.4 Å². The van der Waals surface area contributed by atoms with Crippen LogP contribution in [0.1, 0.15) is 29.0 Å². The van der Waals surface area contributed by atoms with Crippen molar-refractivity contribution >= 4 is 16.7 Å². The van der Waals surface area contributed by atoms with E-state index in [1.807, 2.05) is 24.3 Å². The number of para-hydroxylation sites is 1. The second kappa shape index (κ2) is 10.8. The highest BCUT2D eigenvalue weighted by molar-refractivity contribution is 5.85. The van der Waals surface area contributed by atoms with Crippen LogP contribution in [0.5, 0.6) is 11.5 Å². The van der Waals surface area contributed by atoms with Crippen molar-refractivity contribution in [3.8, 4) is 11.5 Å². The van der Waals surface area contributed by atoms with Gasteiger partial charge in [-0.25, -0.2) is 9.18 Å². The summed E-state index contributed by atoms with van der Waals surface area (Å²) in [6.45, 7) is 0.914. The monoisotopic (exact) mass is 485 g/mol. The van der Waals surface area contributed by atoms with E-state index < -0.39 is 18.4 Å². The van der Waals surface area contributed by atoms with E-state index in [9.17, 15) is 9.18 Å². The van der Waals surface area contributed by atoms with Crippen LogP contribution in [0.15, 0.2) is 84.9 Å². The average molecular weight is 486 g/mol. The maximum absolute atomic E-state index is 14.3. The summed E-state index contributed by atoms with van der Waals surface area (Å²) in [6, 6.07) is 27.4. The first-order valence-electron chi connectivity index (χ1n) is 12.2. The van der Waals surface area contributed by atoms with Crippen molar-refractivity contribution in [3.05, 3.63) is 107 Å². The SMILES string of the molecule is O=C(O)COc1cc([C@H]2C[C@H](CNCCc3cccc4ccccc34)Oc3ccccc32)ccc1F. The fraction of sp³-hybridized carbons (Fsp3) is 0.233. The number of halogens is 1. The zero-order valence-electron chi connectivity index (χ0n) is 19.8. The smallest absolute Gasteiger partial charge is 0.341 e. The lowest BCUT2D eigenvalue weighted by molar-refractivity contribution is -0.139. The molecule has 0 saturated heterocycles. The highest BCUT2D eigenvalue weighted by atomic mass is 19.1. The number of fused-ring (bicyclic) bond motifs is 2. The Balaban J connectivity index is 1.28. The standard InChI is InChI=1S/C30H28FNO4/c31-27-13-12-22(16-29(27)35-19-30(33)34)26-17-23(36-28-11-4-3-10-25(26)28)18-32-15-14-21-8-5-7-20-6-1-2-9-24(20)21/h1-13,16,23,26,32H,14-15,17-19H2,(H,33,34)/t23-,26-/m1/s1. The Kier molecular flexibility index (Phi) is 7.14. The summed E-state index contributed by atoms with van der Waals surface area (Å²) in [5.41, 5.74) is 3.21. The predicted octanol–water partition coefficient (Wildman–Crippen LogP) is 5.56. The van der Waals surface area contributed by atoms with Crippen LogP contribution in [-0.4, -0.2) is 36.9 Å². The Morgan fingerprint density at radius 1 is 1.03 bits per heavy atom. The Labute approximate surface area is 209 Å². The van der Waals surface area contributed by atoms with Crippen LogP contribution in [0.4, 0.5) is 4.39 Å². The molecule has 2 atom stereocenters. The van der Waals surface area contributed by atoms with Gasteiger partial charge in [-0.1, -0.05) is 66.7 Å². The van der Waals surface area contributed by atoms with Gasteiger partial charge in [0.05, 0.1) is 0 Å². The molecule has 0 aromatic heterocycles. The van der Waals surface area contributed by atoms with Gasteiger partial charge in [0.15, 0.2) is 18.2 Å². The molecule has 1 aliphatic heterocycles. The summed E-state index contributed by atoms with van der Waals surface area (Å²) in [5.74, 6) is -0.985. The van der Waals surface area contributed by atoms with E-state index in [4.69, 9.17) is 14.6 Å². The molecular weight excluding hydrogens is 457 g/mol. The van der Waals surface area contributed by atoms with E-state index in [-0.39, 0.29) is 17.8 Å². The number of ether oxygens (including phenoxy) is 2. The van der Waals surface area contributed by atoms with Crippen molar-refractivity contribution in [1.82, 2.24) is 5.32 Å². The Hall–Kier alpha value is -3.90. The molecule has 0 fully saturated rings. The van der Waals surface area contributed by atoms with Gasteiger partial charge in [-0.3, -0.25) is 0 Å². The van der Waals surface area contributed by atoms with Crippen molar-refractivity contribution in [2.75, 3.05) is 19.7 Å². The third kappa shape index (κ3) is 5.34. The molecule has 5 rings (SSSR count). The highest BCUT2D eigenvalue weighted by Gasteiger charge is 2.29. The van der Waals surface area contributed by atoms with Gasteiger partial charge in [-0.2, -0.15) is 0 Å². The van der Waals surface area contributed by atoms with E-state index in [0.29, 0.717) is 13.0 Å².